The number of rotatable bonds is 10. The van der Waals surface area contributed by atoms with Crippen molar-refractivity contribution in [2.75, 3.05) is 0 Å². The second-order valence-corrected chi connectivity index (χ2v) is 10.8. The van der Waals surface area contributed by atoms with E-state index in [0.29, 0.717) is 6.61 Å². The predicted octanol–water partition coefficient (Wildman–Crippen LogP) is 7.03. The van der Waals surface area contributed by atoms with Crippen molar-refractivity contribution in [3.8, 4) is 0 Å². The van der Waals surface area contributed by atoms with Crippen molar-refractivity contribution < 1.29 is 9.53 Å². The lowest BCUT2D eigenvalue weighted by atomic mass is 10.2. The summed E-state index contributed by atoms with van der Waals surface area (Å²) in [6, 6.07) is 22.9. The van der Waals surface area contributed by atoms with Gasteiger partial charge < -0.3 is 4.74 Å². The highest BCUT2D eigenvalue weighted by atomic mass is 33.1. The molecule has 7 heteroatoms. The van der Waals surface area contributed by atoms with Crippen LogP contribution in [0.15, 0.2) is 82.8 Å². The molecule has 0 spiro atoms. The Morgan fingerprint density at radius 1 is 0.828 bits per heavy atom. The van der Waals surface area contributed by atoms with Gasteiger partial charge in [0.1, 0.15) is 11.6 Å². The van der Waals surface area contributed by atoms with Gasteiger partial charge in [-0.05, 0) is 51.7 Å². The number of nitrogens with zero attached hydrogens (tertiary/aromatic N) is 1. The molecule has 0 saturated carbocycles. The number of hydrogen-bond acceptors (Lipinski definition) is 7. The first-order chi connectivity index (χ1) is 14.2. The maximum Gasteiger partial charge on any atom is 0.302 e. The smallest absolute Gasteiger partial charge is 0.302 e. The van der Waals surface area contributed by atoms with Crippen LogP contribution in [-0.2, 0) is 27.6 Å². The second-order valence-electron chi connectivity index (χ2n) is 6.10. The van der Waals surface area contributed by atoms with Crippen molar-refractivity contribution in [3.63, 3.8) is 0 Å². The molecule has 0 fully saturated rings. The average molecular weight is 460 g/mol. The van der Waals surface area contributed by atoms with Gasteiger partial charge in [0.15, 0.2) is 0 Å². The van der Waals surface area contributed by atoms with Crippen LogP contribution >= 0.6 is 43.2 Å². The van der Waals surface area contributed by atoms with Crippen LogP contribution in [0.1, 0.15) is 23.6 Å². The number of carbonyl (C=O) groups is 1. The topological polar surface area (TPSA) is 39.2 Å². The Balaban J connectivity index is 1.37. The van der Waals surface area contributed by atoms with E-state index in [9.17, 15) is 4.79 Å². The van der Waals surface area contributed by atoms with E-state index < -0.39 is 0 Å². The second kappa shape index (κ2) is 12.2. The molecule has 3 rings (SSSR count). The number of hydrogen-bond donors (Lipinski definition) is 0. The SMILES string of the molecule is CC(=O)OCc1ccc(SSCc2ccc(CSSc3ccccn3)cc2)cc1. The zero-order chi connectivity index (χ0) is 20.3. The molecule has 3 aromatic rings. The minimum Gasteiger partial charge on any atom is -0.461 e. The maximum absolute atomic E-state index is 10.9. The number of carbonyl (C=O) groups excluding carboxylic acids is 1. The Hall–Kier alpha value is -1.54. The monoisotopic (exact) mass is 459 g/mol. The summed E-state index contributed by atoms with van der Waals surface area (Å²) in [7, 11) is 7.09. The summed E-state index contributed by atoms with van der Waals surface area (Å²) >= 11 is 0. The molecule has 3 nitrogen and oxygen atoms in total. The highest BCUT2D eigenvalue weighted by Crippen LogP contribution is 2.35. The highest BCUT2D eigenvalue weighted by Gasteiger charge is 2.01. The summed E-state index contributed by atoms with van der Waals surface area (Å²) in [5, 5.41) is 1.04. The summed E-state index contributed by atoms with van der Waals surface area (Å²) < 4.78 is 5.01. The zero-order valence-corrected chi connectivity index (χ0v) is 19.2. The van der Waals surface area contributed by atoms with Crippen LogP contribution in [0.5, 0.6) is 0 Å². The van der Waals surface area contributed by atoms with Gasteiger partial charge in [-0.3, -0.25) is 4.79 Å². The van der Waals surface area contributed by atoms with Gasteiger partial charge in [0.05, 0.1) is 0 Å². The predicted molar refractivity (Wildman–Crippen MR) is 127 cm³/mol. The molecular weight excluding hydrogens is 439 g/mol. The van der Waals surface area contributed by atoms with E-state index in [1.807, 2.05) is 47.3 Å². The fourth-order valence-corrected chi connectivity index (χ4v) is 6.36. The van der Waals surface area contributed by atoms with Crippen molar-refractivity contribution in [2.24, 2.45) is 0 Å². The Morgan fingerprint density at radius 2 is 1.45 bits per heavy atom. The normalized spacial score (nSPS) is 10.7. The molecule has 1 heterocycles. The molecule has 0 bridgehead atoms. The number of benzene rings is 2. The molecule has 0 atom stereocenters. The molecule has 0 saturated heterocycles. The van der Waals surface area contributed by atoms with Crippen LogP contribution < -0.4 is 0 Å². The number of ether oxygens (including phenoxy) is 1. The van der Waals surface area contributed by atoms with Crippen LogP contribution in [0.25, 0.3) is 0 Å². The van der Waals surface area contributed by atoms with Gasteiger partial charge in [-0.1, -0.05) is 74.8 Å². The van der Waals surface area contributed by atoms with Crippen LogP contribution in [-0.4, -0.2) is 11.0 Å². The van der Waals surface area contributed by atoms with Crippen molar-refractivity contribution in [3.05, 3.63) is 89.6 Å². The summed E-state index contributed by atoms with van der Waals surface area (Å²) in [5.74, 6) is 1.66. The largest absolute Gasteiger partial charge is 0.461 e. The number of aromatic nitrogens is 1. The van der Waals surface area contributed by atoms with Gasteiger partial charge in [0.2, 0.25) is 0 Å². The lowest BCUT2D eigenvalue weighted by molar-refractivity contribution is -0.142. The molecular formula is C22H21NO2S4. The van der Waals surface area contributed by atoms with Crippen molar-refractivity contribution >= 4 is 49.1 Å². The lowest BCUT2D eigenvalue weighted by Crippen LogP contribution is -1.98. The Kier molecular flexibility index (Phi) is 9.34. The van der Waals surface area contributed by atoms with Crippen LogP contribution in [0.3, 0.4) is 0 Å². The third kappa shape index (κ3) is 8.38. The first-order valence-electron chi connectivity index (χ1n) is 8.99. The fourth-order valence-electron chi connectivity index (χ4n) is 2.28. The minimum atomic E-state index is -0.254. The minimum absolute atomic E-state index is 0.254. The highest BCUT2D eigenvalue weighted by molar-refractivity contribution is 8.76. The molecule has 2 aromatic carbocycles. The first-order valence-corrected chi connectivity index (χ1v) is 13.6. The molecule has 0 amide bonds. The zero-order valence-electron chi connectivity index (χ0n) is 15.9. The van der Waals surface area contributed by atoms with Gasteiger partial charge >= 0.3 is 5.97 Å². The summed E-state index contributed by atoms with van der Waals surface area (Å²) in [6.45, 7) is 1.76. The molecule has 0 aliphatic heterocycles. The third-order valence-electron chi connectivity index (χ3n) is 3.78. The van der Waals surface area contributed by atoms with E-state index in [4.69, 9.17) is 4.74 Å². The fraction of sp³-hybridized carbons (Fsp3) is 0.182. The quantitative estimate of drug-likeness (QED) is 0.238. The molecule has 0 aliphatic rings. The Bertz CT molecular complexity index is 887. The van der Waals surface area contributed by atoms with Gasteiger partial charge in [-0.2, -0.15) is 0 Å². The molecule has 0 aliphatic carbocycles. The molecule has 0 N–H and O–H groups in total. The summed E-state index contributed by atoms with van der Waals surface area (Å²) in [4.78, 5) is 16.4. The van der Waals surface area contributed by atoms with Crippen molar-refractivity contribution in [2.45, 2.75) is 35.0 Å². The molecule has 0 unspecified atom stereocenters. The van der Waals surface area contributed by atoms with E-state index >= 15 is 0 Å². The molecule has 0 radical (unpaired) electrons. The van der Waals surface area contributed by atoms with Gasteiger partial charge in [-0.25, -0.2) is 4.98 Å². The Morgan fingerprint density at radius 3 is 2.03 bits per heavy atom. The molecule has 29 heavy (non-hydrogen) atoms. The van der Waals surface area contributed by atoms with E-state index in [2.05, 4.69) is 41.4 Å². The van der Waals surface area contributed by atoms with Gasteiger partial charge in [-0.15, -0.1) is 0 Å². The lowest BCUT2D eigenvalue weighted by Gasteiger charge is -2.06. The van der Waals surface area contributed by atoms with Gasteiger partial charge in [0, 0.05) is 29.5 Å². The first kappa shape index (κ1) is 22.2. The number of esters is 1. The van der Waals surface area contributed by atoms with Crippen LogP contribution in [0.4, 0.5) is 0 Å². The van der Waals surface area contributed by atoms with Gasteiger partial charge in [0.25, 0.3) is 0 Å². The van der Waals surface area contributed by atoms with Crippen molar-refractivity contribution in [1.29, 1.82) is 0 Å². The van der Waals surface area contributed by atoms with Crippen LogP contribution in [0, 0.1) is 0 Å². The summed E-state index contributed by atoms with van der Waals surface area (Å²) in [6.07, 6.45) is 1.82. The maximum atomic E-state index is 10.9. The molecule has 1 aromatic heterocycles. The van der Waals surface area contributed by atoms with Crippen molar-refractivity contribution in [1.82, 2.24) is 4.98 Å². The third-order valence-corrected chi connectivity index (χ3v) is 8.30. The van der Waals surface area contributed by atoms with E-state index in [-0.39, 0.29) is 5.97 Å². The molecule has 150 valence electrons. The van der Waals surface area contributed by atoms with Crippen LogP contribution in [0.2, 0.25) is 0 Å². The average Bonchev–Trinajstić information content (AvgIpc) is 2.75. The summed E-state index contributed by atoms with van der Waals surface area (Å²) in [5.41, 5.74) is 3.65. The van der Waals surface area contributed by atoms with E-state index in [1.54, 1.807) is 32.4 Å². The Labute approximate surface area is 187 Å². The van der Waals surface area contributed by atoms with E-state index in [0.717, 1.165) is 22.1 Å². The standard InChI is InChI=1S/C22H21NO2S4/c1-17(24)25-14-18-9-11-21(12-10-18)28-26-15-19-5-7-20(8-6-19)16-27-29-22-4-2-3-13-23-22/h2-13H,14-16H2,1H3. The number of pyridine rings is 1. The van der Waals surface area contributed by atoms with E-state index in [1.165, 1.54) is 22.9 Å².